The molecule has 2 aromatic heterocycles. The Morgan fingerprint density at radius 3 is 2.76 bits per heavy atom. The van der Waals surface area contributed by atoms with Crippen molar-refractivity contribution in [3.8, 4) is 5.75 Å². The highest BCUT2D eigenvalue weighted by molar-refractivity contribution is 6.25. The molecule has 4 rings (SSSR count). The molecule has 0 radical (unpaired) electrons. The van der Waals surface area contributed by atoms with Crippen LogP contribution < -0.4 is 10.2 Å². The van der Waals surface area contributed by atoms with Crippen LogP contribution >= 0.6 is 0 Å². The second-order valence-electron chi connectivity index (χ2n) is 7.40. The van der Waals surface area contributed by atoms with E-state index < -0.39 is 0 Å². The third-order valence-electron chi connectivity index (χ3n) is 5.33. The van der Waals surface area contributed by atoms with Gasteiger partial charge in [-0.2, -0.15) is 0 Å². The number of allylic oxidation sites excluding steroid dienone is 1. The van der Waals surface area contributed by atoms with Crippen molar-refractivity contribution in [3.63, 3.8) is 0 Å². The summed E-state index contributed by atoms with van der Waals surface area (Å²) in [5, 5.41) is 14.0. The van der Waals surface area contributed by atoms with Gasteiger partial charge in [0, 0.05) is 73.4 Å². The second kappa shape index (κ2) is 8.09. The molecule has 29 heavy (non-hydrogen) atoms. The molecule has 3 aromatic rings. The van der Waals surface area contributed by atoms with Gasteiger partial charge in [-0.25, -0.2) is 0 Å². The van der Waals surface area contributed by atoms with Crippen molar-refractivity contribution in [3.05, 3.63) is 59.7 Å². The number of aromatic hydroxyl groups is 1. The van der Waals surface area contributed by atoms with Gasteiger partial charge >= 0.3 is 0 Å². The fourth-order valence-electron chi connectivity index (χ4n) is 3.71. The van der Waals surface area contributed by atoms with E-state index in [9.17, 15) is 9.90 Å². The number of hydrogen-bond donors (Lipinski definition) is 2. The number of nitrogens with one attached hydrogen (secondary N) is 1. The van der Waals surface area contributed by atoms with E-state index in [0.29, 0.717) is 17.6 Å². The Bertz CT molecular complexity index is 1080. The quantitative estimate of drug-likeness (QED) is 0.655. The van der Waals surface area contributed by atoms with Gasteiger partial charge in [-0.1, -0.05) is 6.92 Å². The van der Waals surface area contributed by atoms with Crippen LogP contribution in [0.1, 0.15) is 30.2 Å². The molecule has 0 aliphatic carbocycles. The number of phenolic OH excluding ortho intramolecular Hbond substituents is 1. The Balaban J connectivity index is 1.71. The highest BCUT2D eigenvalue weighted by atomic mass is 16.3. The van der Waals surface area contributed by atoms with Crippen LogP contribution in [0.2, 0.25) is 0 Å². The Morgan fingerprint density at radius 2 is 2.03 bits per heavy atom. The van der Waals surface area contributed by atoms with Crippen LogP contribution in [0.25, 0.3) is 17.2 Å². The molecule has 6 nitrogen and oxygen atoms in total. The van der Waals surface area contributed by atoms with E-state index in [-0.39, 0.29) is 11.5 Å². The number of ketones is 1. The maximum absolute atomic E-state index is 12.7. The van der Waals surface area contributed by atoms with E-state index >= 15 is 0 Å². The van der Waals surface area contributed by atoms with Crippen molar-refractivity contribution in [1.82, 2.24) is 14.7 Å². The number of Topliss-reactive ketones (excluding diaryl/α,β-unsaturated/α-hetero) is 1. The van der Waals surface area contributed by atoms with Crippen LogP contribution in [-0.2, 0) is 4.79 Å². The normalized spacial score (nSPS) is 15.1. The molecule has 0 amide bonds. The lowest BCUT2D eigenvalue weighted by molar-refractivity contribution is -0.113. The van der Waals surface area contributed by atoms with Crippen molar-refractivity contribution >= 4 is 28.6 Å². The smallest absolute Gasteiger partial charge is 0.163 e. The zero-order valence-electron chi connectivity index (χ0n) is 16.9. The molecule has 2 N–H and O–H groups in total. The van der Waals surface area contributed by atoms with E-state index in [1.165, 1.54) is 0 Å². The average molecular weight is 390 g/mol. The molecule has 1 aromatic carbocycles. The number of phenols is 1. The number of piperazine rings is 1. The Morgan fingerprint density at radius 1 is 1.24 bits per heavy atom. The summed E-state index contributed by atoms with van der Waals surface area (Å²) in [6.07, 6.45) is 7.86. The number of carbonyl (C=O) groups is 1. The molecule has 0 unspecified atom stereocenters. The number of hydrogen-bond acceptors (Lipinski definition) is 5. The fourth-order valence-corrected chi connectivity index (χ4v) is 3.71. The van der Waals surface area contributed by atoms with Gasteiger partial charge < -0.3 is 19.7 Å². The Hall–Kier alpha value is -3.12. The SMILES string of the molecule is CCC(=O)C(=Cc1ccc(N2CCNCC2)cc1O)c1cc2cnc(C)cn2c1. The minimum Gasteiger partial charge on any atom is -0.507 e. The first-order valence-electron chi connectivity index (χ1n) is 10.0. The number of aryl methyl sites for hydroxylation is 1. The summed E-state index contributed by atoms with van der Waals surface area (Å²) < 4.78 is 1.97. The van der Waals surface area contributed by atoms with E-state index in [4.69, 9.17) is 0 Å². The van der Waals surface area contributed by atoms with Crippen molar-refractivity contribution < 1.29 is 9.90 Å². The standard InChI is InChI=1S/C23H26N4O2/c1-3-22(28)21(18-10-20-13-25-16(2)14-27(20)15-18)11-17-4-5-19(12-23(17)29)26-8-6-24-7-9-26/h4-5,10-15,24,29H,3,6-9H2,1-2H3. The van der Waals surface area contributed by atoms with E-state index in [1.54, 1.807) is 18.3 Å². The zero-order chi connectivity index (χ0) is 20.4. The number of nitrogens with zero attached hydrogens (tertiary/aromatic N) is 3. The van der Waals surface area contributed by atoms with Gasteiger partial charge in [0.25, 0.3) is 0 Å². The molecule has 0 bridgehead atoms. The lowest BCUT2D eigenvalue weighted by Crippen LogP contribution is -2.43. The van der Waals surface area contributed by atoms with E-state index in [1.807, 2.05) is 48.8 Å². The summed E-state index contributed by atoms with van der Waals surface area (Å²) in [6, 6.07) is 7.64. The maximum atomic E-state index is 12.7. The van der Waals surface area contributed by atoms with Gasteiger partial charge in [-0.05, 0) is 31.2 Å². The van der Waals surface area contributed by atoms with Gasteiger partial charge in [-0.15, -0.1) is 0 Å². The van der Waals surface area contributed by atoms with Crippen molar-refractivity contribution in [2.45, 2.75) is 20.3 Å². The number of benzene rings is 1. The topological polar surface area (TPSA) is 69.9 Å². The molecule has 1 aliphatic rings. The zero-order valence-corrected chi connectivity index (χ0v) is 16.9. The first-order chi connectivity index (χ1) is 14.0. The van der Waals surface area contributed by atoms with Gasteiger partial charge in [0.05, 0.1) is 17.4 Å². The predicted octanol–water partition coefficient (Wildman–Crippen LogP) is 3.28. The highest BCUT2D eigenvalue weighted by Gasteiger charge is 2.16. The second-order valence-corrected chi connectivity index (χ2v) is 7.40. The van der Waals surface area contributed by atoms with Crippen LogP contribution in [0, 0.1) is 6.92 Å². The van der Waals surface area contributed by atoms with Crippen LogP contribution in [0.4, 0.5) is 5.69 Å². The third-order valence-corrected chi connectivity index (χ3v) is 5.33. The van der Waals surface area contributed by atoms with Gasteiger partial charge in [0.15, 0.2) is 5.78 Å². The largest absolute Gasteiger partial charge is 0.507 e. The summed E-state index contributed by atoms with van der Waals surface area (Å²) >= 11 is 0. The Kier molecular flexibility index (Phi) is 5.36. The average Bonchev–Trinajstić information content (AvgIpc) is 3.15. The van der Waals surface area contributed by atoms with E-state index in [2.05, 4.69) is 15.2 Å². The molecule has 150 valence electrons. The van der Waals surface area contributed by atoms with Crippen LogP contribution in [-0.4, -0.2) is 46.5 Å². The molecule has 0 atom stereocenters. The lowest BCUT2D eigenvalue weighted by Gasteiger charge is -2.29. The number of fused-ring (bicyclic) bond motifs is 1. The molecule has 0 saturated carbocycles. The van der Waals surface area contributed by atoms with Gasteiger partial charge in [-0.3, -0.25) is 9.78 Å². The molecule has 6 heteroatoms. The lowest BCUT2D eigenvalue weighted by atomic mass is 9.99. The summed E-state index contributed by atoms with van der Waals surface area (Å²) in [7, 11) is 0. The van der Waals surface area contributed by atoms with Crippen molar-refractivity contribution in [2.75, 3.05) is 31.1 Å². The van der Waals surface area contributed by atoms with Crippen LogP contribution in [0.5, 0.6) is 5.75 Å². The molecule has 1 aliphatic heterocycles. The predicted molar refractivity (Wildman–Crippen MR) is 116 cm³/mol. The molecular weight excluding hydrogens is 364 g/mol. The monoisotopic (exact) mass is 390 g/mol. The number of anilines is 1. The minimum absolute atomic E-state index is 0.0381. The Labute approximate surface area is 170 Å². The summed E-state index contributed by atoms with van der Waals surface area (Å²) in [6.45, 7) is 7.50. The molecule has 3 heterocycles. The van der Waals surface area contributed by atoms with Crippen molar-refractivity contribution in [1.29, 1.82) is 0 Å². The van der Waals surface area contributed by atoms with E-state index in [0.717, 1.165) is 48.6 Å². The summed E-state index contributed by atoms with van der Waals surface area (Å²) in [5.41, 5.74) is 4.91. The van der Waals surface area contributed by atoms with Gasteiger partial charge in [0.1, 0.15) is 5.75 Å². The molecular formula is C23H26N4O2. The van der Waals surface area contributed by atoms with Crippen molar-refractivity contribution in [2.24, 2.45) is 0 Å². The van der Waals surface area contributed by atoms with Gasteiger partial charge in [0.2, 0.25) is 0 Å². The molecule has 1 fully saturated rings. The maximum Gasteiger partial charge on any atom is 0.163 e. The third kappa shape index (κ3) is 4.03. The molecule has 0 spiro atoms. The van der Waals surface area contributed by atoms with Crippen LogP contribution in [0.3, 0.4) is 0 Å². The highest BCUT2D eigenvalue weighted by Crippen LogP contribution is 2.30. The number of rotatable bonds is 5. The van der Waals surface area contributed by atoms with Crippen LogP contribution in [0.15, 0.2) is 42.9 Å². The first-order valence-corrected chi connectivity index (χ1v) is 10.0. The minimum atomic E-state index is 0.0381. The number of aromatic nitrogens is 2. The first kappa shape index (κ1) is 19.2. The summed E-state index contributed by atoms with van der Waals surface area (Å²) in [5.74, 6) is 0.222. The molecule has 1 saturated heterocycles. The summed E-state index contributed by atoms with van der Waals surface area (Å²) in [4.78, 5) is 19.3. The fraction of sp³-hybridized carbons (Fsp3) is 0.304. The number of carbonyl (C=O) groups excluding carboxylic acids is 1.